The van der Waals surface area contributed by atoms with Crippen LogP contribution in [-0.2, 0) is 6.54 Å². The molecule has 0 saturated carbocycles. The summed E-state index contributed by atoms with van der Waals surface area (Å²) in [6, 6.07) is 4.74. The van der Waals surface area contributed by atoms with Crippen molar-refractivity contribution >= 4 is 28.3 Å². The summed E-state index contributed by atoms with van der Waals surface area (Å²) in [7, 11) is 0. The van der Waals surface area contributed by atoms with E-state index in [0.717, 1.165) is 6.07 Å². The Morgan fingerprint density at radius 2 is 1.76 bits per heavy atom. The molecule has 0 aliphatic carbocycles. The van der Waals surface area contributed by atoms with Crippen LogP contribution in [0.1, 0.15) is 5.76 Å². The van der Waals surface area contributed by atoms with Crippen molar-refractivity contribution in [2.75, 3.05) is 5.32 Å². The number of rotatable bonds is 3. The van der Waals surface area contributed by atoms with Crippen molar-refractivity contribution in [2.24, 2.45) is 0 Å². The largest absolute Gasteiger partial charge is 0.454 e. The molecule has 0 aliphatic heterocycles. The summed E-state index contributed by atoms with van der Waals surface area (Å²) < 4.78 is 44.7. The molecule has 1 N–H and O–H groups in total. The summed E-state index contributed by atoms with van der Waals surface area (Å²) in [5, 5.41) is 2.63. The second-order valence-corrected chi connectivity index (χ2v) is 4.37. The van der Waals surface area contributed by atoms with E-state index in [0.29, 0.717) is 15.6 Å². The Morgan fingerprint density at radius 1 is 1.06 bits per heavy atom. The van der Waals surface area contributed by atoms with Crippen LogP contribution in [0.25, 0.3) is 0 Å². The van der Waals surface area contributed by atoms with Gasteiger partial charge in [0.15, 0.2) is 15.4 Å². The summed E-state index contributed by atoms with van der Waals surface area (Å²) in [4.78, 5) is 0. The number of benzene rings is 1. The van der Waals surface area contributed by atoms with Gasteiger partial charge in [-0.2, -0.15) is 0 Å². The first kappa shape index (κ1) is 12.3. The first-order valence-corrected chi connectivity index (χ1v) is 5.77. The average Bonchev–Trinajstić information content (AvgIpc) is 2.68. The molecule has 0 saturated heterocycles. The monoisotopic (exact) mass is 353 g/mol. The van der Waals surface area contributed by atoms with Gasteiger partial charge in [0.1, 0.15) is 11.6 Å². The molecule has 0 unspecified atom stereocenters. The van der Waals surface area contributed by atoms with Crippen molar-refractivity contribution in [3.8, 4) is 0 Å². The Morgan fingerprint density at radius 3 is 2.41 bits per heavy atom. The Bertz CT molecular complexity index is 542. The normalized spacial score (nSPS) is 10.6. The zero-order valence-corrected chi connectivity index (χ0v) is 10.6. The fraction of sp³-hybridized carbons (Fsp3) is 0.0909. The quantitative estimate of drug-likeness (QED) is 0.669. The Kier molecular flexibility index (Phi) is 3.60. The van der Waals surface area contributed by atoms with Crippen LogP contribution in [0.3, 0.4) is 0 Å². The minimum atomic E-state index is -1.21. The Balaban J connectivity index is 2.11. The number of hydrogen-bond acceptors (Lipinski definition) is 2. The maximum atomic E-state index is 13.2. The van der Waals surface area contributed by atoms with Gasteiger partial charge >= 0.3 is 0 Å². The van der Waals surface area contributed by atoms with Crippen molar-refractivity contribution < 1.29 is 17.6 Å². The molecule has 1 aromatic carbocycles. The highest BCUT2D eigenvalue weighted by Gasteiger charge is 2.10. The smallest absolute Gasteiger partial charge is 0.164 e. The van der Waals surface area contributed by atoms with Crippen LogP contribution in [-0.4, -0.2) is 0 Å². The van der Waals surface area contributed by atoms with E-state index in [-0.39, 0.29) is 12.2 Å². The lowest BCUT2D eigenvalue weighted by atomic mass is 10.2. The SMILES string of the molecule is Fc1cc(F)c(NCc2ccc(I)o2)cc1F. The fourth-order valence-corrected chi connectivity index (χ4v) is 1.75. The van der Waals surface area contributed by atoms with Crippen molar-refractivity contribution in [3.05, 3.63) is 51.2 Å². The molecule has 0 atom stereocenters. The third kappa shape index (κ3) is 2.93. The molecule has 2 nitrogen and oxygen atoms in total. The maximum absolute atomic E-state index is 13.2. The third-order valence-electron chi connectivity index (χ3n) is 2.09. The molecule has 1 heterocycles. The van der Waals surface area contributed by atoms with Gasteiger partial charge in [-0.1, -0.05) is 0 Å². The molecule has 0 radical (unpaired) electrons. The van der Waals surface area contributed by atoms with E-state index in [2.05, 4.69) is 5.32 Å². The van der Waals surface area contributed by atoms with E-state index in [1.807, 2.05) is 22.6 Å². The molecule has 1 aromatic heterocycles. The van der Waals surface area contributed by atoms with Gasteiger partial charge in [0, 0.05) is 12.1 Å². The molecule has 0 spiro atoms. The van der Waals surface area contributed by atoms with Crippen LogP contribution in [0.15, 0.2) is 28.7 Å². The summed E-state index contributed by atoms with van der Waals surface area (Å²) in [6.45, 7) is 0.199. The lowest BCUT2D eigenvalue weighted by Gasteiger charge is -2.06. The molecule has 6 heteroatoms. The zero-order chi connectivity index (χ0) is 12.4. The second-order valence-electron chi connectivity index (χ2n) is 3.31. The number of nitrogens with one attached hydrogen (secondary N) is 1. The highest BCUT2D eigenvalue weighted by atomic mass is 127. The summed E-state index contributed by atoms with van der Waals surface area (Å²) in [5.74, 6) is -2.56. The number of furan rings is 1. The number of anilines is 1. The first-order chi connectivity index (χ1) is 8.06. The van der Waals surface area contributed by atoms with Crippen LogP contribution in [0.5, 0.6) is 0 Å². The van der Waals surface area contributed by atoms with E-state index >= 15 is 0 Å². The maximum Gasteiger partial charge on any atom is 0.164 e. The summed E-state index contributed by atoms with van der Waals surface area (Å²) in [5.41, 5.74) is -0.102. The van der Waals surface area contributed by atoms with E-state index < -0.39 is 17.5 Å². The molecular formula is C11H7F3INO. The molecule has 2 aromatic rings. The van der Waals surface area contributed by atoms with Crippen molar-refractivity contribution in [1.82, 2.24) is 0 Å². The van der Waals surface area contributed by atoms with E-state index in [1.54, 1.807) is 12.1 Å². The van der Waals surface area contributed by atoms with Crippen LogP contribution in [0, 0.1) is 21.2 Å². The molecular weight excluding hydrogens is 346 g/mol. The topological polar surface area (TPSA) is 25.2 Å². The zero-order valence-electron chi connectivity index (χ0n) is 8.44. The van der Waals surface area contributed by atoms with Crippen LogP contribution in [0.4, 0.5) is 18.9 Å². The second kappa shape index (κ2) is 4.99. The van der Waals surface area contributed by atoms with Gasteiger partial charge in [-0.3, -0.25) is 0 Å². The Hall–Kier alpha value is -1.18. The predicted octanol–water partition coefficient (Wildman–Crippen LogP) is 3.91. The molecule has 0 bridgehead atoms. The van der Waals surface area contributed by atoms with Gasteiger partial charge in [0.05, 0.1) is 12.2 Å². The van der Waals surface area contributed by atoms with Gasteiger partial charge < -0.3 is 9.73 Å². The number of hydrogen-bond donors (Lipinski definition) is 1. The van der Waals surface area contributed by atoms with Crippen molar-refractivity contribution in [3.63, 3.8) is 0 Å². The summed E-state index contributed by atoms with van der Waals surface area (Å²) in [6.07, 6.45) is 0. The lowest BCUT2D eigenvalue weighted by molar-refractivity contribution is 0.488. The highest BCUT2D eigenvalue weighted by Crippen LogP contribution is 2.19. The molecule has 17 heavy (non-hydrogen) atoms. The number of halogens is 4. The molecule has 0 aliphatic rings. The van der Waals surface area contributed by atoms with Gasteiger partial charge in [-0.05, 0) is 34.7 Å². The average molecular weight is 353 g/mol. The summed E-state index contributed by atoms with van der Waals surface area (Å²) >= 11 is 1.99. The van der Waals surface area contributed by atoms with E-state index in [9.17, 15) is 13.2 Å². The molecule has 2 rings (SSSR count). The minimum absolute atomic E-state index is 0.102. The van der Waals surface area contributed by atoms with Gasteiger partial charge in [0.25, 0.3) is 0 Å². The van der Waals surface area contributed by atoms with Crippen LogP contribution < -0.4 is 5.32 Å². The standard InChI is InChI=1S/C11H7F3INO/c12-7-3-9(14)10(4-8(7)13)16-5-6-1-2-11(15)17-6/h1-4,16H,5H2. The van der Waals surface area contributed by atoms with Gasteiger partial charge in [-0.15, -0.1) is 0 Å². The molecule has 90 valence electrons. The van der Waals surface area contributed by atoms with Crippen LogP contribution >= 0.6 is 22.6 Å². The highest BCUT2D eigenvalue weighted by molar-refractivity contribution is 14.1. The van der Waals surface area contributed by atoms with Crippen LogP contribution in [0.2, 0.25) is 0 Å². The van der Waals surface area contributed by atoms with Gasteiger partial charge in [0.2, 0.25) is 0 Å². The van der Waals surface area contributed by atoms with E-state index in [4.69, 9.17) is 4.42 Å². The minimum Gasteiger partial charge on any atom is -0.454 e. The fourth-order valence-electron chi connectivity index (χ4n) is 1.29. The Labute approximate surface area is 109 Å². The predicted molar refractivity (Wildman–Crippen MR) is 65.1 cm³/mol. The molecule has 0 amide bonds. The third-order valence-corrected chi connectivity index (χ3v) is 2.67. The first-order valence-electron chi connectivity index (χ1n) is 4.69. The van der Waals surface area contributed by atoms with E-state index in [1.165, 1.54) is 0 Å². The van der Waals surface area contributed by atoms with Crippen molar-refractivity contribution in [1.29, 1.82) is 0 Å². The molecule has 0 fully saturated rings. The van der Waals surface area contributed by atoms with Gasteiger partial charge in [-0.25, -0.2) is 13.2 Å². The van der Waals surface area contributed by atoms with Crippen molar-refractivity contribution in [2.45, 2.75) is 6.54 Å². The lowest BCUT2D eigenvalue weighted by Crippen LogP contribution is -2.02.